The van der Waals surface area contributed by atoms with E-state index in [0.29, 0.717) is 0 Å². The van der Waals surface area contributed by atoms with E-state index in [9.17, 15) is 4.79 Å². The van der Waals surface area contributed by atoms with Crippen molar-refractivity contribution in [1.82, 2.24) is 14.3 Å². The van der Waals surface area contributed by atoms with Gasteiger partial charge in [0.15, 0.2) is 0 Å². The molecule has 0 aliphatic rings. The van der Waals surface area contributed by atoms with Crippen molar-refractivity contribution in [2.75, 3.05) is 5.73 Å². The lowest BCUT2D eigenvalue weighted by molar-refractivity contribution is 0.727. The highest BCUT2D eigenvalue weighted by Gasteiger charge is 2.12. The van der Waals surface area contributed by atoms with E-state index in [-0.39, 0.29) is 11.6 Å². The van der Waals surface area contributed by atoms with Gasteiger partial charge >= 0.3 is 5.69 Å². The Morgan fingerprint density at radius 2 is 1.83 bits per heavy atom. The molecule has 3 aromatic rings. The van der Waals surface area contributed by atoms with Crippen molar-refractivity contribution >= 4 is 16.7 Å². The van der Waals surface area contributed by atoms with Crippen LogP contribution in [0.15, 0.2) is 47.3 Å². The van der Waals surface area contributed by atoms with E-state index in [1.165, 1.54) is 9.25 Å². The summed E-state index contributed by atoms with van der Waals surface area (Å²) in [7, 11) is 1.58. The molecule has 2 aromatic carbocycles. The molecule has 0 saturated heterocycles. The van der Waals surface area contributed by atoms with Crippen molar-refractivity contribution in [2.45, 2.75) is 0 Å². The van der Waals surface area contributed by atoms with Gasteiger partial charge in [0.2, 0.25) is 5.95 Å². The van der Waals surface area contributed by atoms with Gasteiger partial charge in [-0.25, -0.2) is 14.0 Å². The van der Waals surface area contributed by atoms with Crippen LogP contribution in [0.5, 0.6) is 0 Å². The third-order valence-corrected chi connectivity index (χ3v) is 2.96. The zero-order valence-corrected chi connectivity index (χ0v) is 9.87. The number of nitrogen functional groups attached to an aromatic ring is 1. The van der Waals surface area contributed by atoms with Crippen molar-refractivity contribution in [1.29, 1.82) is 0 Å². The lowest BCUT2D eigenvalue weighted by Crippen LogP contribution is -2.22. The van der Waals surface area contributed by atoms with E-state index in [1.807, 2.05) is 42.5 Å². The molecule has 1 heterocycles. The highest BCUT2D eigenvalue weighted by atomic mass is 16.2. The Hall–Kier alpha value is -2.56. The summed E-state index contributed by atoms with van der Waals surface area (Å²) in [5, 5.41) is 5.97. The molecule has 3 rings (SSSR count). The summed E-state index contributed by atoms with van der Waals surface area (Å²) in [6, 6.07) is 13.6. The average molecular weight is 240 g/mol. The number of aromatic nitrogens is 3. The molecule has 0 aliphatic heterocycles. The molecule has 5 nitrogen and oxygen atoms in total. The first-order chi connectivity index (χ1) is 8.68. The monoisotopic (exact) mass is 240 g/mol. The summed E-state index contributed by atoms with van der Waals surface area (Å²) in [6.45, 7) is 0. The third kappa shape index (κ3) is 1.41. The van der Waals surface area contributed by atoms with E-state index in [1.54, 1.807) is 7.05 Å². The molecule has 0 unspecified atom stereocenters. The number of hydrogen-bond acceptors (Lipinski definition) is 3. The number of anilines is 1. The van der Waals surface area contributed by atoms with E-state index in [4.69, 9.17) is 5.73 Å². The molecule has 0 atom stereocenters. The van der Waals surface area contributed by atoms with Crippen molar-refractivity contribution in [3.8, 4) is 5.69 Å². The minimum absolute atomic E-state index is 0.193. The van der Waals surface area contributed by atoms with Gasteiger partial charge in [0.1, 0.15) is 0 Å². The molecular weight excluding hydrogens is 228 g/mol. The van der Waals surface area contributed by atoms with E-state index < -0.39 is 0 Å². The normalized spacial score (nSPS) is 10.9. The molecule has 18 heavy (non-hydrogen) atoms. The highest BCUT2D eigenvalue weighted by Crippen LogP contribution is 2.22. The van der Waals surface area contributed by atoms with Gasteiger partial charge in [-0.15, -0.1) is 5.10 Å². The van der Waals surface area contributed by atoms with Crippen LogP contribution in [0.4, 0.5) is 5.95 Å². The smallest absolute Gasteiger partial charge is 0.351 e. The van der Waals surface area contributed by atoms with E-state index in [0.717, 1.165) is 16.5 Å². The molecule has 0 saturated carbocycles. The largest absolute Gasteiger partial charge is 0.368 e. The van der Waals surface area contributed by atoms with Crippen LogP contribution in [0.25, 0.3) is 16.5 Å². The maximum atomic E-state index is 12.0. The predicted molar refractivity (Wildman–Crippen MR) is 70.7 cm³/mol. The van der Waals surface area contributed by atoms with Crippen LogP contribution in [0.2, 0.25) is 0 Å². The summed E-state index contributed by atoms with van der Waals surface area (Å²) >= 11 is 0. The first-order valence-corrected chi connectivity index (χ1v) is 5.58. The topological polar surface area (TPSA) is 65.8 Å². The maximum Gasteiger partial charge on any atom is 0.351 e. The summed E-state index contributed by atoms with van der Waals surface area (Å²) in [5.74, 6) is 0.193. The van der Waals surface area contributed by atoms with Crippen molar-refractivity contribution in [3.05, 3.63) is 52.9 Å². The van der Waals surface area contributed by atoms with Crippen LogP contribution in [-0.4, -0.2) is 14.3 Å². The zero-order chi connectivity index (χ0) is 12.7. The predicted octanol–water partition coefficient (Wildman–Crippen LogP) is 1.31. The molecular formula is C13H12N4O. The molecule has 90 valence electrons. The summed E-state index contributed by atoms with van der Waals surface area (Å²) in [4.78, 5) is 12.0. The Labute approximate surface area is 103 Å². The first-order valence-electron chi connectivity index (χ1n) is 5.58. The van der Waals surface area contributed by atoms with Gasteiger partial charge in [-0.05, 0) is 11.5 Å². The van der Waals surface area contributed by atoms with Gasteiger partial charge in [0, 0.05) is 12.4 Å². The van der Waals surface area contributed by atoms with Gasteiger partial charge in [-0.2, -0.15) is 0 Å². The minimum atomic E-state index is -0.246. The van der Waals surface area contributed by atoms with E-state index >= 15 is 0 Å². The van der Waals surface area contributed by atoms with Gasteiger partial charge in [0.05, 0.1) is 5.69 Å². The van der Waals surface area contributed by atoms with Gasteiger partial charge < -0.3 is 5.73 Å². The van der Waals surface area contributed by atoms with Crippen LogP contribution in [0.1, 0.15) is 0 Å². The van der Waals surface area contributed by atoms with Gasteiger partial charge in [-0.1, -0.05) is 36.4 Å². The Morgan fingerprint density at radius 1 is 1.11 bits per heavy atom. The second-order valence-corrected chi connectivity index (χ2v) is 4.10. The summed E-state index contributed by atoms with van der Waals surface area (Å²) in [6.07, 6.45) is 0. The molecule has 0 fully saturated rings. The van der Waals surface area contributed by atoms with Crippen LogP contribution in [0, 0.1) is 0 Å². The fourth-order valence-corrected chi connectivity index (χ4v) is 2.11. The highest BCUT2D eigenvalue weighted by molar-refractivity contribution is 5.90. The summed E-state index contributed by atoms with van der Waals surface area (Å²) < 4.78 is 2.65. The van der Waals surface area contributed by atoms with Crippen LogP contribution in [-0.2, 0) is 7.05 Å². The number of hydrogen-bond donors (Lipinski definition) is 1. The van der Waals surface area contributed by atoms with Crippen molar-refractivity contribution in [3.63, 3.8) is 0 Å². The number of nitrogens with two attached hydrogens (primary N) is 1. The maximum absolute atomic E-state index is 12.0. The Bertz CT molecular complexity index is 780. The zero-order valence-electron chi connectivity index (χ0n) is 9.87. The van der Waals surface area contributed by atoms with Crippen LogP contribution >= 0.6 is 0 Å². The molecule has 0 radical (unpaired) electrons. The Morgan fingerprint density at radius 3 is 2.56 bits per heavy atom. The van der Waals surface area contributed by atoms with Crippen molar-refractivity contribution in [2.24, 2.45) is 7.05 Å². The third-order valence-electron chi connectivity index (χ3n) is 2.96. The Balaban J connectivity index is 2.42. The number of fused-ring (bicyclic) bond motifs is 1. The second-order valence-electron chi connectivity index (χ2n) is 4.10. The average Bonchev–Trinajstić information content (AvgIpc) is 2.63. The fourth-order valence-electron chi connectivity index (χ4n) is 2.11. The standard InChI is InChI=1S/C13H12N4O/c1-16-13(18)17(12(14)15-16)11-8-4-6-9-5-2-3-7-10(9)11/h2-8H,1H3,(H2,14,15). The number of rotatable bonds is 1. The molecule has 5 heteroatoms. The first kappa shape index (κ1) is 10.6. The van der Waals surface area contributed by atoms with Gasteiger partial charge in [0.25, 0.3) is 0 Å². The number of benzene rings is 2. The van der Waals surface area contributed by atoms with Crippen LogP contribution < -0.4 is 11.4 Å². The molecule has 0 aliphatic carbocycles. The quantitative estimate of drug-likeness (QED) is 0.697. The summed E-state index contributed by atoms with van der Waals surface area (Å²) in [5.41, 5.74) is 6.30. The number of nitrogens with zero attached hydrogens (tertiary/aromatic N) is 3. The minimum Gasteiger partial charge on any atom is -0.368 e. The Kier molecular flexibility index (Phi) is 2.19. The fraction of sp³-hybridized carbons (Fsp3) is 0.0769. The molecule has 2 N–H and O–H groups in total. The lowest BCUT2D eigenvalue weighted by Gasteiger charge is -2.06. The molecule has 0 bridgehead atoms. The molecule has 0 spiro atoms. The molecule has 0 amide bonds. The van der Waals surface area contributed by atoms with Crippen molar-refractivity contribution < 1.29 is 0 Å². The molecule has 1 aromatic heterocycles. The SMILES string of the molecule is Cn1nc(N)n(-c2cccc3ccccc23)c1=O. The number of aryl methyl sites for hydroxylation is 1. The lowest BCUT2D eigenvalue weighted by atomic mass is 10.1. The van der Waals surface area contributed by atoms with E-state index in [2.05, 4.69) is 5.10 Å². The van der Waals surface area contributed by atoms with Crippen LogP contribution in [0.3, 0.4) is 0 Å². The van der Waals surface area contributed by atoms with Gasteiger partial charge in [-0.3, -0.25) is 0 Å². The second kappa shape index (κ2) is 3.73.